The minimum atomic E-state index is -4.15. The maximum Gasteiger partial charge on any atom is 0.389 e. The summed E-state index contributed by atoms with van der Waals surface area (Å²) in [4.78, 5) is 4.49. The van der Waals surface area contributed by atoms with Crippen LogP contribution >= 0.6 is 11.6 Å². The zero-order valence-electron chi connectivity index (χ0n) is 12.2. The lowest BCUT2D eigenvalue weighted by Crippen LogP contribution is -2.12. The third-order valence-electron chi connectivity index (χ3n) is 3.35. The van der Waals surface area contributed by atoms with Crippen LogP contribution in [0, 0.1) is 0 Å². The molecule has 2 aromatic rings. The molecule has 2 aromatic heterocycles. The monoisotopic (exact) mass is 322 g/mol. The Kier molecular flexibility index (Phi) is 4.51. The number of halogens is 4. The van der Waals surface area contributed by atoms with Gasteiger partial charge in [0, 0.05) is 20.0 Å². The summed E-state index contributed by atoms with van der Waals surface area (Å²) in [6.07, 6.45) is -4.25. The van der Waals surface area contributed by atoms with Crippen LogP contribution in [-0.2, 0) is 20.0 Å². The third-order valence-corrected chi connectivity index (χ3v) is 3.55. The predicted octanol–water partition coefficient (Wildman–Crippen LogP) is 3.97. The number of nitrogens with zero attached hydrogens (tertiary/aromatic N) is 4. The number of hydrogen-bond acceptors (Lipinski definition) is 2. The Morgan fingerprint density at radius 2 is 2.00 bits per heavy atom. The van der Waals surface area contributed by atoms with Gasteiger partial charge in [-0.15, -0.1) is 11.6 Å². The average Bonchev–Trinajstić information content (AvgIpc) is 2.87. The number of rotatable bonds is 5. The maximum absolute atomic E-state index is 12.3. The standard InChI is InChI=1S/C13H18ClF3N4/c1-4-9-10-12(20(3)19-9)21(11(18-10)8(2)14)7-5-6-13(15,16)17/h8H,4-7H2,1-3H3. The average molecular weight is 323 g/mol. The largest absolute Gasteiger partial charge is 0.389 e. The predicted molar refractivity (Wildman–Crippen MR) is 75.4 cm³/mol. The second-order valence-corrected chi connectivity index (χ2v) is 5.71. The summed E-state index contributed by atoms with van der Waals surface area (Å²) in [5.74, 6) is 0.594. The van der Waals surface area contributed by atoms with E-state index in [0.29, 0.717) is 12.2 Å². The first kappa shape index (κ1) is 16.1. The van der Waals surface area contributed by atoms with Crippen molar-refractivity contribution in [1.82, 2.24) is 19.3 Å². The van der Waals surface area contributed by atoms with Gasteiger partial charge < -0.3 is 4.57 Å². The lowest BCUT2D eigenvalue weighted by Gasteiger charge is -2.12. The molecule has 1 unspecified atom stereocenters. The van der Waals surface area contributed by atoms with Crippen molar-refractivity contribution in [2.45, 2.75) is 51.2 Å². The summed E-state index contributed by atoms with van der Waals surface area (Å²) in [5, 5.41) is 3.99. The fraction of sp³-hybridized carbons (Fsp3) is 0.692. The first-order valence-electron chi connectivity index (χ1n) is 6.87. The summed E-state index contributed by atoms with van der Waals surface area (Å²) in [6, 6.07) is 0. The number of fused-ring (bicyclic) bond motifs is 1. The van der Waals surface area contributed by atoms with Crippen molar-refractivity contribution < 1.29 is 13.2 Å². The van der Waals surface area contributed by atoms with Crippen molar-refractivity contribution in [3.05, 3.63) is 11.5 Å². The lowest BCUT2D eigenvalue weighted by atomic mass is 10.3. The van der Waals surface area contributed by atoms with Crippen molar-refractivity contribution in [3.8, 4) is 0 Å². The molecule has 4 nitrogen and oxygen atoms in total. The molecule has 0 aromatic carbocycles. The van der Waals surface area contributed by atoms with Gasteiger partial charge in [-0.2, -0.15) is 18.3 Å². The Morgan fingerprint density at radius 3 is 2.52 bits per heavy atom. The summed E-state index contributed by atoms with van der Waals surface area (Å²) >= 11 is 6.12. The topological polar surface area (TPSA) is 35.6 Å². The second kappa shape index (κ2) is 5.87. The van der Waals surface area contributed by atoms with Crippen LogP contribution in [0.5, 0.6) is 0 Å². The summed E-state index contributed by atoms with van der Waals surface area (Å²) in [5.41, 5.74) is 2.30. The molecule has 0 saturated heterocycles. The summed E-state index contributed by atoms with van der Waals surface area (Å²) in [7, 11) is 1.77. The highest BCUT2D eigenvalue weighted by atomic mass is 35.5. The van der Waals surface area contributed by atoms with Gasteiger partial charge in [0.1, 0.15) is 11.3 Å². The molecule has 0 amide bonds. The molecule has 0 fully saturated rings. The van der Waals surface area contributed by atoms with Crippen LogP contribution in [0.4, 0.5) is 13.2 Å². The van der Waals surface area contributed by atoms with E-state index in [2.05, 4.69) is 10.1 Å². The van der Waals surface area contributed by atoms with Crippen molar-refractivity contribution in [1.29, 1.82) is 0 Å². The highest BCUT2D eigenvalue weighted by Gasteiger charge is 2.27. The number of hydrogen-bond donors (Lipinski definition) is 0. The first-order valence-corrected chi connectivity index (χ1v) is 7.31. The second-order valence-electron chi connectivity index (χ2n) is 5.05. The van der Waals surface area contributed by atoms with E-state index in [9.17, 15) is 13.2 Å². The Bertz CT molecular complexity index is 627. The van der Waals surface area contributed by atoms with E-state index in [4.69, 9.17) is 11.6 Å². The molecule has 2 heterocycles. The van der Waals surface area contributed by atoms with Crippen LogP contribution in [0.3, 0.4) is 0 Å². The maximum atomic E-state index is 12.3. The van der Waals surface area contributed by atoms with Gasteiger partial charge in [-0.3, -0.25) is 4.68 Å². The molecule has 0 N–H and O–H groups in total. The van der Waals surface area contributed by atoms with Crippen LogP contribution in [-0.4, -0.2) is 25.5 Å². The van der Waals surface area contributed by atoms with Gasteiger partial charge in [-0.05, 0) is 19.8 Å². The van der Waals surface area contributed by atoms with Crippen molar-refractivity contribution >= 4 is 22.8 Å². The molecule has 0 aliphatic rings. The number of aryl methyl sites for hydroxylation is 3. The van der Waals surface area contributed by atoms with E-state index in [-0.39, 0.29) is 18.3 Å². The van der Waals surface area contributed by atoms with Crippen molar-refractivity contribution in [2.75, 3.05) is 0 Å². The molecular formula is C13H18ClF3N4. The normalized spacial score (nSPS) is 14.0. The molecule has 0 radical (unpaired) electrons. The fourth-order valence-electron chi connectivity index (χ4n) is 2.46. The van der Waals surface area contributed by atoms with Crippen LogP contribution < -0.4 is 0 Å². The van der Waals surface area contributed by atoms with Crippen LogP contribution in [0.1, 0.15) is 43.6 Å². The minimum Gasteiger partial charge on any atom is -0.312 e. The smallest absolute Gasteiger partial charge is 0.312 e. The van der Waals surface area contributed by atoms with Crippen LogP contribution in [0.2, 0.25) is 0 Å². The van der Waals surface area contributed by atoms with Gasteiger partial charge in [0.25, 0.3) is 0 Å². The number of alkyl halides is 4. The van der Waals surface area contributed by atoms with Gasteiger partial charge in [0.2, 0.25) is 0 Å². The summed E-state index contributed by atoms with van der Waals surface area (Å²) in [6.45, 7) is 3.96. The van der Waals surface area contributed by atoms with Gasteiger partial charge >= 0.3 is 6.18 Å². The van der Waals surface area contributed by atoms with Gasteiger partial charge in [0.05, 0.1) is 11.1 Å². The van der Waals surface area contributed by atoms with Crippen molar-refractivity contribution in [3.63, 3.8) is 0 Å². The van der Waals surface area contributed by atoms with E-state index >= 15 is 0 Å². The van der Waals surface area contributed by atoms with Gasteiger partial charge in [0.15, 0.2) is 5.65 Å². The fourth-order valence-corrected chi connectivity index (χ4v) is 2.63. The molecule has 1 atom stereocenters. The van der Waals surface area contributed by atoms with Crippen LogP contribution in [0.15, 0.2) is 0 Å². The number of aromatic nitrogens is 4. The molecule has 21 heavy (non-hydrogen) atoms. The molecule has 8 heteroatoms. The lowest BCUT2D eigenvalue weighted by molar-refractivity contribution is -0.135. The van der Waals surface area contributed by atoms with Gasteiger partial charge in [-0.1, -0.05) is 6.92 Å². The third kappa shape index (κ3) is 3.33. The molecule has 0 saturated carbocycles. The van der Waals surface area contributed by atoms with Crippen molar-refractivity contribution in [2.24, 2.45) is 7.05 Å². The first-order chi connectivity index (χ1) is 9.74. The molecule has 0 bridgehead atoms. The molecule has 2 rings (SSSR count). The van der Waals surface area contributed by atoms with E-state index in [1.165, 1.54) is 0 Å². The number of imidazole rings is 1. The Hall–Kier alpha value is -1.24. The van der Waals surface area contributed by atoms with E-state index in [0.717, 1.165) is 16.9 Å². The van der Waals surface area contributed by atoms with Gasteiger partial charge in [-0.25, -0.2) is 4.98 Å². The van der Waals surface area contributed by atoms with E-state index in [1.807, 2.05) is 6.92 Å². The molecule has 118 valence electrons. The molecule has 0 aliphatic carbocycles. The van der Waals surface area contributed by atoms with E-state index < -0.39 is 12.6 Å². The molecule has 0 aliphatic heterocycles. The molecular weight excluding hydrogens is 305 g/mol. The minimum absolute atomic E-state index is 0.00178. The zero-order valence-corrected chi connectivity index (χ0v) is 13.0. The quantitative estimate of drug-likeness (QED) is 0.781. The summed E-state index contributed by atoms with van der Waals surface area (Å²) < 4.78 is 40.4. The Labute approximate surface area is 125 Å². The Morgan fingerprint density at radius 1 is 1.33 bits per heavy atom. The zero-order chi connectivity index (χ0) is 15.8. The SMILES string of the molecule is CCc1nn(C)c2c1nc(C(C)Cl)n2CCCC(F)(F)F. The van der Waals surface area contributed by atoms with E-state index in [1.54, 1.807) is 23.2 Å². The highest BCUT2D eigenvalue weighted by molar-refractivity contribution is 6.20. The Balaban J connectivity index is 2.39. The van der Waals surface area contributed by atoms with Crippen LogP contribution in [0.25, 0.3) is 11.2 Å². The molecule has 0 spiro atoms. The highest BCUT2D eigenvalue weighted by Crippen LogP contribution is 2.28.